The first-order valence-electron chi connectivity index (χ1n) is 18.2. The zero-order valence-corrected chi connectivity index (χ0v) is 30.6. The molecule has 0 unspecified atom stereocenters. The van der Waals surface area contributed by atoms with E-state index in [2.05, 4.69) is 183 Å². The Morgan fingerprint density at radius 3 is 1.64 bits per heavy atom. The molecule has 0 saturated carbocycles. The molecule has 0 aliphatic carbocycles. The van der Waals surface area contributed by atoms with Gasteiger partial charge in [-0.2, -0.15) is 0 Å². The molecule has 0 amide bonds. The summed E-state index contributed by atoms with van der Waals surface area (Å²) in [5.74, 6) is 1.98. The lowest BCUT2D eigenvalue weighted by Crippen LogP contribution is -2.49. The molecule has 53 heavy (non-hydrogen) atoms. The fourth-order valence-electron chi connectivity index (χ4n) is 8.25. The van der Waals surface area contributed by atoms with Crippen molar-refractivity contribution < 1.29 is 0 Å². The third kappa shape index (κ3) is 5.22. The van der Waals surface area contributed by atoms with E-state index in [1.165, 1.54) is 48.8 Å². The van der Waals surface area contributed by atoms with Crippen LogP contribution in [0.15, 0.2) is 176 Å². The fraction of sp³-hybridized carbons (Fsp3) is 0.0408. The smallest absolute Gasteiger partial charge is 0.164 e. The predicted octanol–water partition coefficient (Wildman–Crippen LogP) is 11.3. The van der Waals surface area contributed by atoms with Crippen LogP contribution in [-0.4, -0.2) is 23.0 Å². The van der Waals surface area contributed by atoms with Crippen LogP contribution in [0.5, 0.6) is 0 Å². The average molecular weight is 694 g/mol. The van der Waals surface area contributed by atoms with E-state index in [9.17, 15) is 0 Å². The normalized spacial score (nSPS) is 12.9. The molecule has 0 spiro atoms. The molecular weight excluding hydrogens is 659 g/mol. The maximum Gasteiger partial charge on any atom is 0.164 e. The zero-order valence-electron chi connectivity index (χ0n) is 29.6. The van der Waals surface area contributed by atoms with Gasteiger partial charge in [-0.1, -0.05) is 171 Å². The zero-order chi connectivity index (χ0) is 35.5. The molecule has 1 aliphatic rings. The highest BCUT2D eigenvalue weighted by Crippen LogP contribution is 2.39. The number of hydrogen-bond donors (Lipinski definition) is 0. The van der Waals surface area contributed by atoms with E-state index in [4.69, 9.17) is 15.0 Å². The van der Waals surface area contributed by atoms with Gasteiger partial charge in [-0.25, -0.2) is 15.0 Å². The summed E-state index contributed by atoms with van der Waals surface area (Å²) in [5, 5.41) is 7.80. The molecule has 2 heterocycles. The maximum absolute atomic E-state index is 5.30. The molecule has 10 rings (SSSR count). The Morgan fingerprint density at radius 2 is 0.887 bits per heavy atom. The SMILES string of the molecule is C[Si]1(C)c2ccc(-c3nc(-c4cccc(-c5ccccc5)c4)nc(-c4ccc(-c5ccccc5)c5ccccc45)n3)cc2-c2c1ccc1ccccc21. The minimum absolute atomic E-state index is 0.653. The van der Waals surface area contributed by atoms with Gasteiger partial charge in [0.1, 0.15) is 8.07 Å². The first-order valence-corrected chi connectivity index (χ1v) is 21.2. The largest absolute Gasteiger partial charge is 0.208 e. The van der Waals surface area contributed by atoms with Crippen LogP contribution in [0.4, 0.5) is 0 Å². The van der Waals surface area contributed by atoms with Gasteiger partial charge in [-0.05, 0) is 83.5 Å². The molecule has 0 saturated heterocycles. The molecule has 1 aromatic heterocycles. The van der Waals surface area contributed by atoms with E-state index >= 15 is 0 Å². The second kappa shape index (κ2) is 12.3. The van der Waals surface area contributed by atoms with Crippen LogP contribution in [0.25, 0.3) is 89.1 Å². The third-order valence-corrected chi connectivity index (χ3v) is 14.5. The molecule has 9 aromatic rings. The Labute approximate surface area is 310 Å². The van der Waals surface area contributed by atoms with Gasteiger partial charge >= 0.3 is 0 Å². The van der Waals surface area contributed by atoms with Crippen molar-refractivity contribution in [3.05, 3.63) is 176 Å². The second-order valence-electron chi connectivity index (χ2n) is 14.4. The Morgan fingerprint density at radius 1 is 0.340 bits per heavy atom. The third-order valence-electron chi connectivity index (χ3n) is 10.9. The van der Waals surface area contributed by atoms with Gasteiger partial charge < -0.3 is 0 Å². The highest BCUT2D eigenvalue weighted by atomic mass is 28.3. The summed E-state index contributed by atoms with van der Waals surface area (Å²) < 4.78 is 0. The van der Waals surface area contributed by atoms with Crippen LogP contribution in [0, 0.1) is 0 Å². The molecule has 0 N–H and O–H groups in total. The van der Waals surface area contributed by atoms with Gasteiger partial charge in [0.15, 0.2) is 17.5 Å². The number of aromatic nitrogens is 3. The Bertz CT molecular complexity index is 2860. The molecule has 8 aromatic carbocycles. The molecule has 0 fully saturated rings. The van der Waals surface area contributed by atoms with Gasteiger partial charge in [-0.3, -0.25) is 0 Å². The summed E-state index contributed by atoms with van der Waals surface area (Å²) in [6, 6.07) is 62.9. The Balaban J connectivity index is 1.20. The molecule has 0 radical (unpaired) electrons. The van der Waals surface area contributed by atoms with Crippen molar-refractivity contribution in [3.8, 4) is 67.5 Å². The van der Waals surface area contributed by atoms with Gasteiger partial charge in [0.05, 0.1) is 0 Å². The number of nitrogens with zero attached hydrogens (tertiary/aromatic N) is 3. The Kier molecular flexibility index (Phi) is 7.27. The van der Waals surface area contributed by atoms with Crippen molar-refractivity contribution in [2.24, 2.45) is 0 Å². The van der Waals surface area contributed by atoms with Crippen molar-refractivity contribution in [3.63, 3.8) is 0 Å². The van der Waals surface area contributed by atoms with Crippen LogP contribution in [-0.2, 0) is 0 Å². The van der Waals surface area contributed by atoms with Crippen molar-refractivity contribution in [2.75, 3.05) is 0 Å². The summed E-state index contributed by atoms with van der Waals surface area (Å²) in [5.41, 5.74) is 10.2. The van der Waals surface area contributed by atoms with Crippen LogP contribution in [0.1, 0.15) is 0 Å². The van der Waals surface area contributed by atoms with Crippen LogP contribution >= 0.6 is 0 Å². The molecule has 250 valence electrons. The Hall–Kier alpha value is -6.49. The van der Waals surface area contributed by atoms with E-state index in [1.807, 2.05) is 6.07 Å². The molecule has 4 heteroatoms. The lowest BCUT2D eigenvalue weighted by molar-refractivity contribution is 1.08. The van der Waals surface area contributed by atoms with Crippen LogP contribution in [0.3, 0.4) is 0 Å². The molecular formula is C49H35N3Si. The van der Waals surface area contributed by atoms with E-state index in [1.54, 1.807) is 0 Å². The van der Waals surface area contributed by atoms with Crippen molar-refractivity contribution in [2.45, 2.75) is 13.1 Å². The van der Waals surface area contributed by atoms with Crippen molar-refractivity contribution in [1.82, 2.24) is 15.0 Å². The highest BCUT2D eigenvalue weighted by Gasteiger charge is 2.38. The van der Waals surface area contributed by atoms with Crippen molar-refractivity contribution in [1.29, 1.82) is 0 Å². The van der Waals surface area contributed by atoms with E-state index in [0.717, 1.165) is 33.2 Å². The minimum Gasteiger partial charge on any atom is -0.208 e. The van der Waals surface area contributed by atoms with E-state index in [0.29, 0.717) is 17.5 Å². The van der Waals surface area contributed by atoms with Gasteiger partial charge in [-0.15, -0.1) is 0 Å². The number of hydrogen-bond acceptors (Lipinski definition) is 3. The summed E-state index contributed by atoms with van der Waals surface area (Å²) >= 11 is 0. The summed E-state index contributed by atoms with van der Waals surface area (Å²) in [4.78, 5) is 15.8. The van der Waals surface area contributed by atoms with Crippen LogP contribution in [0.2, 0.25) is 13.1 Å². The lowest BCUT2D eigenvalue weighted by Gasteiger charge is -2.19. The first kappa shape index (κ1) is 31.3. The number of rotatable bonds is 5. The molecule has 0 bridgehead atoms. The van der Waals surface area contributed by atoms with Gasteiger partial charge in [0.2, 0.25) is 0 Å². The summed E-state index contributed by atoms with van der Waals surface area (Å²) in [6.45, 7) is 4.93. The maximum atomic E-state index is 5.30. The topological polar surface area (TPSA) is 38.7 Å². The number of fused-ring (bicyclic) bond motifs is 6. The van der Waals surface area contributed by atoms with Gasteiger partial charge in [0.25, 0.3) is 0 Å². The van der Waals surface area contributed by atoms with E-state index < -0.39 is 8.07 Å². The average Bonchev–Trinajstić information content (AvgIpc) is 3.46. The second-order valence-corrected chi connectivity index (χ2v) is 18.7. The first-order chi connectivity index (χ1) is 26.0. The highest BCUT2D eigenvalue weighted by molar-refractivity contribution is 7.04. The van der Waals surface area contributed by atoms with Crippen LogP contribution < -0.4 is 10.4 Å². The standard InChI is InChI=1S/C49H35N3Si/c1-53(2)44-28-25-37(31-43(44)46-39-21-10-9-18-34(39)24-29-45(46)53)48-50-47(36-20-13-19-35(30-36)32-14-5-3-6-15-32)51-49(52-48)42-27-26-38(33-16-7-4-8-17-33)40-22-11-12-23-41(40)42/h3-31H,1-2H3. The quantitative estimate of drug-likeness (QED) is 0.168. The molecule has 3 nitrogen and oxygen atoms in total. The predicted molar refractivity (Wildman–Crippen MR) is 224 cm³/mol. The fourth-order valence-corrected chi connectivity index (χ4v) is 11.3. The minimum atomic E-state index is -1.91. The monoisotopic (exact) mass is 693 g/mol. The molecule has 0 atom stereocenters. The lowest BCUT2D eigenvalue weighted by atomic mass is 9.94. The van der Waals surface area contributed by atoms with E-state index in [-0.39, 0.29) is 0 Å². The summed E-state index contributed by atoms with van der Waals surface area (Å²) in [7, 11) is -1.91. The molecule has 1 aliphatic heterocycles. The summed E-state index contributed by atoms with van der Waals surface area (Å²) in [6.07, 6.45) is 0. The number of benzene rings is 8. The van der Waals surface area contributed by atoms with Crippen molar-refractivity contribution >= 4 is 40.0 Å². The van der Waals surface area contributed by atoms with Gasteiger partial charge in [0, 0.05) is 16.7 Å².